The average Bonchev–Trinajstić information content (AvgIpc) is 2.55. The number of amides is 1. The minimum absolute atomic E-state index is 0.203. The molecule has 0 fully saturated rings. The van der Waals surface area contributed by atoms with Crippen LogP contribution in [0.25, 0.3) is 0 Å². The molecule has 0 aliphatic rings. The molecule has 0 heterocycles. The molecule has 0 aliphatic carbocycles. The molecule has 23 heavy (non-hydrogen) atoms. The van der Waals surface area contributed by atoms with Crippen molar-refractivity contribution >= 4 is 24.0 Å². The van der Waals surface area contributed by atoms with Gasteiger partial charge in [0.05, 0.1) is 6.61 Å². The maximum atomic E-state index is 12.0. The zero-order valence-electron chi connectivity index (χ0n) is 13.3. The first-order chi connectivity index (χ1) is 11.0. The number of aliphatic carboxylic acids is 1. The third-order valence-electron chi connectivity index (χ3n) is 3.27. The van der Waals surface area contributed by atoms with Gasteiger partial charge in [0.2, 0.25) is 6.41 Å². The molecule has 1 amide bonds. The van der Waals surface area contributed by atoms with Crippen LogP contribution in [-0.2, 0) is 19.1 Å². The first-order valence-corrected chi connectivity index (χ1v) is 7.42. The Hall–Kier alpha value is -2.41. The monoisotopic (exact) mass is 322 g/mol. The van der Waals surface area contributed by atoms with Gasteiger partial charge in [-0.2, -0.15) is 0 Å². The molecule has 1 aromatic carbocycles. The molecule has 0 aromatic heterocycles. The van der Waals surface area contributed by atoms with Crippen LogP contribution >= 0.6 is 0 Å². The van der Waals surface area contributed by atoms with E-state index in [0.717, 1.165) is 0 Å². The second-order valence-corrected chi connectivity index (χ2v) is 4.95. The van der Waals surface area contributed by atoms with Crippen LogP contribution < -0.4 is 10.2 Å². The van der Waals surface area contributed by atoms with E-state index in [1.54, 1.807) is 31.2 Å². The molecule has 0 bridgehead atoms. The van der Waals surface area contributed by atoms with Gasteiger partial charge in [0.25, 0.3) is 0 Å². The van der Waals surface area contributed by atoms with Crippen LogP contribution in [0.1, 0.15) is 20.3 Å². The summed E-state index contributed by atoms with van der Waals surface area (Å²) in [5, 5.41) is 11.7. The van der Waals surface area contributed by atoms with Crippen molar-refractivity contribution in [1.29, 1.82) is 0 Å². The smallest absolute Gasteiger partial charge is 0.323 e. The first-order valence-electron chi connectivity index (χ1n) is 7.42. The number of para-hydroxylation sites is 1. The van der Waals surface area contributed by atoms with Gasteiger partial charge in [-0.3, -0.25) is 19.7 Å². The molecular formula is C16H22N2O5. The third-order valence-corrected chi connectivity index (χ3v) is 3.27. The topological polar surface area (TPSA) is 95.9 Å². The Morgan fingerprint density at radius 3 is 2.52 bits per heavy atom. The Labute approximate surface area is 135 Å². The van der Waals surface area contributed by atoms with Gasteiger partial charge in [-0.15, -0.1) is 0 Å². The van der Waals surface area contributed by atoms with Crippen LogP contribution in [0.15, 0.2) is 30.3 Å². The Bertz CT molecular complexity index is 520. The molecule has 2 atom stereocenters. The minimum Gasteiger partial charge on any atom is -0.480 e. The summed E-state index contributed by atoms with van der Waals surface area (Å²) in [4.78, 5) is 35.6. The average molecular weight is 322 g/mol. The van der Waals surface area contributed by atoms with Crippen LogP contribution in [-0.4, -0.2) is 48.7 Å². The Morgan fingerprint density at radius 2 is 2.00 bits per heavy atom. The number of nitrogens with one attached hydrogen (secondary N) is 1. The number of hydrogen-bond acceptors (Lipinski definition) is 5. The molecule has 1 aromatic rings. The van der Waals surface area contributed by atoms with Gasteiger partial charge >= 0.3 is 11.9 Å². The number of hydrogen-bond donors (Lipinski definition) is 2. The van der Waals surface area contributed by atoms with Crippen molar-refractivity contribution in [3.05, 3.63) is 30.3 Å². The fraction of sp³-hybridized carbons (Fsp3) is 0.438. The summed E-state index contributed by atoms with van der Waals surface area (Å²) in [6, 6.07) is 7.31. The first kappa shape index (κ1) is 18.6. The van der Waals surface area contributed by atoms with E-state index in [0.29, 0.717) is 12.1 Å². The number of nitrogens with zero attached hydrogens (tertiary/aromatic N) is 1. The lowest BCUT2D eigenvalue weighted by Gasteiger charge is -2.23. The standard InChI is InChI=1S/C16H22N2O5/c1-3-23-16(22)14(17-12(2)15(20)21)9-10-18(11-19)13-7-5-4-6-8-13/h4-8,11-12,14,17H,3,9-10H2,1-2H3,(H,20,21)/t12-,14?/m0/s1. The number of carboxylic acid groups (broad SMARTS) is 1. The minimum atomic E-state index is -1.06. The van der Waals surface area contributed by atoms with Crippen LogP contribution in [0.5, 0.6) is 0 Å². The summed E-state index contributed by atoms with van der Waals surface area (Å²) < 4.78 is 4.96. The quantitative estimate of drug-likeness (QED) is 0.493. The number of benzene rings is 1. The molecule has 0 aliphatic heterocycles. The number of carbonyl (C=O) groups excluding carboxylic acids is 2. The highest BCUT2D eigenvalue weighted by atomic mass is 16.5. The zero-order valence-corrected chi connectivity index (χ0v) is 13.3. The van der Waals surface area contributed by atoms with E-state index in [1.807, 2.05) is 6.07 Å². The summed E-state index contributed by atoms with van der Waals surface area (Å²) >= 11 is 0. The molecular weight excluding hydrogens is 300 g/mol. The Morgan fingerprint density at radius 1 is 1.35 bits per heavy atom. The highest BCUT2D eigenvalue weighted by Gasteiger charge is 2.25. The van der Waals surface area contributed by atoms with Gasteiger partial charge in [-0.1, -0.05) is 18.2 Å². The van der Waals surface area contributed by atoms with Gasteiger partial charge in [0.1, 0.15) is 12.1 Å². The van der Waals surface area contributed by atoms with Crippen LogP contribution in [0.2, 0.25) is 0 Å². The van der Waals surface area contributed by atoms with Gasteiger partial charge in [0, 0.05) is 12.2 Å². The normalized spacial score (nSPS) is 13.0. The molecule has 126 valence electrons. The third kappa shape index (κ3) is 6.07. The van der Waals surface area contributed by atoms with E-state index in [9.17, 15) is 14.4 Å². The number of rotatable bonds is 10. The van der Waals surface area contributed by atoms with Crippen molar-refractivity contribution in [2.75, 3.05) is 18.1 Å². The largest absolute Gasteiger partial charge is 0.480 e. The second-order valence-electron chi connectivity index (χ2n) is 4.95. The van der Waals surface area contributed by atoms with Gasteiger partial charge in [-0.25, -0.2) is 0 Å². The molecule has 1 rings (SSSR count). The lowest BCUT2D eigenvalue weighted by Crippen LogP contribution is -2.47. The second kappa shape index (κ2) is 9.58. The maximum Gasteiger partial charge on any atom is 0.323 e. The number of ether oxygens (including phenoxy) is 1. The van der Waals surface area contributed by atoms with Crippen LogP contribution in [0.4, 0.5) is 5.69 Å². The SMILES string of the molecule is CCOC(=O)C(CCN(C=O)c1ccccc1)N[C@@H](C)C(=O)O. The van der Waals surface area contributed by atoms with Crippen LogP contribution in [0, 0.1) is 0 Å². The van der Waals surface area contributed by atoms with Crippen molar-refractivity contribution in [1.82, 2.24) is 5.32 Å². The van der Waals surface area contributed by atoms with E-state index in [2.05, 4.69) is 5.32 Å². The molecule has 7 heteroatoms. The van der Waals surface area contributed by atoms with Crippen molar-refractivity contribution in [3.8, 4) is 0 Å². The lowest BCUT2D eigenvalue weighted by atomic mass is 10.1. The van der Waals surface area contributed by atoms with Gasteiger partial charge in [-0.05, 0) is 32.4 Å². The lowest BCUT2D eigenvalue weighted by molar-refractivity contribution is -0.147. The van der Waals surface area contributed by atoms with Crippen molar-refractivity contribution in [3.63, 3.8) is 0 Å². The molecule has 2 N–H and O–H groups in total. The van der Waals surface area contributed by atoms with E-state index >= 15 is 0 Å². The Balaban J connectivity index is 2.73. The van der Waals surface area contributed by atoms with Gasteiger partial charge in [0.15, 0.2) is 0 Å². The maximum absolute atomic E-state index is 12.0. The fourth-order valence-corrected chi connectivity index (χ4v) is 2.02. The van der Waals surface area contributed by atoms with E-state index in [4.69, 9.17) is 9.84 Å². The summed E-state index contributed by atoms with van der Waals surface area (Å²) in [5.74, 6) is -1.59. The van der Waals surface area contributed by atoms with Crippen molar-refractivity contribution in [2.45, 2.75) is 32.4 Å². The molecule has 0 saturated heterocycles. The number of carboxylic acids is 1. The van der Waals surface area contributed by atoms with Crippen molar-refractivity contribution in [2.24, 2.45) is 0 Å². The Kier molecular flexibility index (Phi) is 7.76. The molecule has 0 spiro atoms. The summed E-state index contributed by atoms with van der Waals surface area (Å²) in [6.07, 6.45) is 0.919. The summed E-state index contributed by atoms with van der Waals surface area (Å²) in [5.41, 5.74) is 0.705. The number of carbonyl (C=O) groups is 3. The fourth-order valence-electron chi connectivity index (χ4n) is 2.02. The highest BCUT2D eigenvalue weighted by molar-refractivity contribution is 5.79. The molecule has 7 nitrogen and oxygen atoms in total. The summed E-state index contributed by atoms with van der Waals surface area (Å²) in [7, 11) is 0. The van der Waals surface area contributed by atoms with Gasteiger partial charge < -0.3 is 14.7 Å². The predicted octanol–water partition coefficient (Wildman–Crippen LogP) is 1.03. The number of anilines is 1. The molecule has 0 saturated carbocycles. The zero-order chi connectivity index (χ0) is 17.2. The number of esters is 1. The van der Waals surface area contributed by atoms with E-state index in [1.165, 1.54) is 11.8 Å². The molecule has 0 radical (unpaired) electrons. The van der Waals surface area contributed by atoms with Crippen LogP contribution in [0.3, 0.4) is 0 Å². The summed E-state index contributed by atoms with van der Waals surface area (Å²) in [6.45, 7) is 3.59. The van der Waals surface area contributed by atoms with E-state index in [-0.39, 0.29) is 19.6 Å². The van der Waals surface area contributed by atoms with Crippen molar-refractivity contribution < 1.29 is 24.2 Å². The molecule has 1 unspecified atom stereocenters. The highest BCUT2D eigenvalue weighted by Crippen LogP contribution is 2.12. The van der Waals surface area contributed by atoms with E-state index < -0.39 is 24.0 Å². The predicted molar refractivity (Wildman–Crippen MR) is 85.1 cm³/mol.